The highest BCUT2D eigenvalue weighted by atomic mass is 35.5. The average molecular weight is 308 g/mol. The topological polar surface area (TPSA) is 37.4 Å². The second-order valence-electron chi connectivity index (χ2n) is 5.13. The first-order valence-electron chi connectivity index (χ1n) is 7.28. The number of benzene rings is 1. The van der Waals surface area contributed by atoms with E-state index in [1.54, 1.807) is 0 Å². The Morgan fingerprint density at radius 3 is 2.71 bits per heavy atom. The molecule has 1 aliphatic heterocycles. The fourth-order valence-electron chi connectivity index (χ4n) is 2.74. The highest BCUT2D eigenvalue weighted by Gasteiger charge is 2.15. The van der Waals surface area contributed by atoms with E-state index in [4.69, 9.17) is 4.74 Å². The Hall–Kier alpha value is -1.52. The fourth-order valence-corrected chi connectivity index (χ4v) is 2.74. The van der Waals surface area contributed by atoms with Crippen molar-refractivity contribution in [3.63, 3.8) is 0 Å². The van der Waals surface area contributed by atoms with Crippen molar-refractivity contribution in [2.45, 2.75) is 13.8 Å². The molecule has 1 fully saturated rings. The second kappa shape index (κ2) is 6.96. The van der Waals surface area contributed by atoms with Crippen molar-refractivity contribution >= 4 is 29.0 Å². The predicted molar refractivity (Wildman–Crippen MR) is 90.0 cm³/mol. The van der Waals surface area contributed by atoms with Crippen LogP contribution in [-0.4, -0.2) is 37.8 Å². The molecule has 5 heteroatoms. The van der Waals surface area contributed by atoms with Crippen LogP contribution in [0.25, 0.3) is 10.9 Å². The summed E-state index contributed by atoms with van der Waals surface area (Å²) in [6, 6.07) is 8.35. The molecule has 4 nitrogen and oxygen atoms in total. The lowest BCUT2D eigenvalue weighted by Gasteiger charge is -2.30. The number of aryl methyl sites for hydroxylation is 1. The van der Waals surface area contributed by atoms with Crippen LogP contribution < -0.4 is 15.0 Å². The maximum Gasteiger partial charge on any atom is 0.120 e. The van der Waals surface area contributed by atoms with Crippen molar-refractivity contribution in [2.24, 2.45) is 0 Å². The molecule has 0 unspecified atom stereocenters. The number of anilines is 1. The van der Waals surface area contributed by atoms with Gasteiger partial charge >= 0.3 is 0 Å². The number of pyridine rings is 1. The summed E-state index contributed by atoms with van der Waals surface area (Å²) in [5.74, 6) is 0.919. The van der Waals surface area contributed by atoms with Gasteiger partial charge in [0.1, 0.15) is 5.75 Å². The molecule has 0 atom stereocenters. The number of rotatable bonds is 3. The summed E-state index contributed by atoms with van der Waals surface area (Å²) in [6.07, 6.45) is 0. The summed E-state index contributed by atoms with van der Waals surface area (Å²) in [5, 5.41) is 4.58. The molecule has 0 radical (unpaired) electrons. The number of piperazine rings is 1. The van der Waals surface area contributed by atoms with Gasteiger partial charge < -0.3 is 15.0 Å². The Morgan fingerprint density at radius 2 is 2.00 bits per heavy atom. The van der Waals surface area contributed by atoms with Gasteiger partial charge in [0.25, 0.3) is 0 Å². The SMILES string of the molecule is CCOc1ccc2nc(C)cc(N3CCNCC3)c2c1.Cl. The van der Waals surface area contributed by atoms with E-state index >= 15 is 0 Å². The van der Waals surface area contributed by atoms with Gasteiger partial charge in [0, 0.05) is 42.9 Å². The molecule has 0 saturated carbocycles. The molecular formula is C16H22ClN3O. The Kier molecular flexibility index (Phi) is 5.26. The maximum atomic E-state index is 5.63. The zero-order valence-electron chi connectivity index (χ0n) is 12.6. The van der Waals surface area contributed by atoms with Gasteiger partial charge in [-0.15, -0.1) is 12.4 Å². The smallest absolute Gasteiger partial charge is 0.120 e. The molecule has 1 N–H and O–H groups in total. The summed E-state index contributed by atoms with van der Waals surface area (Å²) >= 11 is 0. The molecule has 2 aromatic rings. The van der Waals surface area contributed by atoms with E-state index in [1.807, 2.05) is 13.0 Å². The Bertz CT molecular complexity index is 612. The number of nitrogens with zero attached hydrogens (tertiary/aromatic N) is 2. The molecule has 0 spiro atoms. The van der Waals surface area contributed by atoms with Crippen molar-refractivity contribution in [3.05, 3.63) is 30.0 Å². The second-order valence-corrected chi connectivity index (χ2v) is 5.13. The monoisotopic (exact) mass is 307 g/mol. The third-order valence-corrected chi connectivity index (χ3v) is 3.66. The van der Waals surface area contributed by atoms with Crippen LogP contribution in [0.15, 0.2) is 24.3 Å². The van der Waals surface area contributed by atoms with Crippen LogP contribution in [0, 0.1) is 6.92 Å². The summed E-state index contributed by atoms with van der Waals surface area (Å²) in [5.41, 5.74) is 3.38. The molecule has 0 aliphatic carbocycles. The molecule has 1 saturated heterocycles. The minimum Gasteiger partial charge on any atom is -0.494 e. The van der Waals surface area contributed by atoms with Gasteiger partial charge in [0.15, 0.2) is 0 Å². The molecule has 114 valence electrons. The molecule has 2 heterocycles. The van der Waals surface area contributed by atoms with Gasteiger partial charge in [0.05, 0.1) is 12.1 Å². The van der Waals surface area contributed by atoms with Gasteiger partial charge in [0.2, 0.25) is 0 Å². The van der Waals surface area contributed by atoms with Gasteiger partial charge in [-0.05, 0) is 38.1 Å². The number of fused-ring (bicyclic) bond motifs is 1. The molecule has 0 bridgehead atoms. The highest BCUT2D eigenvalue weighted by molar-refractivity contribution is 5.93. The van der Waals surface area contributed by atoms with Crippen molar-refractivity contribution in [3.8, 4) is 5.75 Å². The number of aromatic nitrogens is 1. The molecular weight excluding hydrogens is 286 g/mol. The van der Waals surface area contributed by atoms with Gasteiger partial charge in [-0.1, -0.05) is 0 Å². The third kappa shape index (κ3) is 3.39. The Morgan fingerprint density at radius 1 is 1.24 bits per heavy atom. The largest absolute Gasteiger partial charge is 0.494 e. The summed E-state index contributed by atoms with van der Waals surface area (Å²) < 4.78 is 5.63. The Labute approximate surface area is 131 Å². The molecule has 1 aliphatic rings. The van der Waals surface area contributed by atoms with Crippen LogP contribution in [0.1, 0.15) is 12.6 Å². The molecule has 3 rings (SSSR count). The van der Waals surface area contributed by atoms with E-state index in [1.165, 1.54) is 11.1 Å². The number of nitrogens with one attached hydrogen (secondary N) is 1. The molecule has 1 aromatic heterocycles. The van der Waals surface area contributed by atoms with Crippen molar-refractivity contribution in [1.82, 2.24) is 10.3 Å². The summed E-state index contributed by atoms with van der Waals surface area (Å²) in [7, 11) is 0. The van der Waals surface area contributed by atoms with Crippen LogP contribution in [0.4, 0.5) is 5.69 Å². The Balaban J connectivity index is 0.00000161. The zero-order valence-corrected chi connectivity index (χ0v) is 13.4. The van der Waals surface area contributed by atoms with E-state index < -0.39 is 0 Å². The first-order valence-corrected chi connectivity index (χ1v) is 7.28. The predicted octanol–water partition coefficient (Wildman–Crippen LogP) is 2.77. The zero-order chi connectivity index (χ0) is 13.9. The average Bonchev–Trinajstić information content (AvgIpc) is 2.48. The first-order chi connectivity index (χ1) is 9.78. The highest BCUT2D eigenvalue weighted by Crippen LogP contribution is 2.30. The molecule has 21 heavy (non-hydrogen) atoms. The van der Waals surface area contributed by atoms with Crippen LogP contribution in [-0.2, 0) is 0 Å². The van der Waals surface area contributed by atoms with Crippen LogP contribution in [0.2, 0.25) is 0 Å². The molecule has 0 amide bonds. The lowest BCUT2D eigenvalue weighted by molar-refractivity contribution is 0.340. The van der Waals surface area contributed by atoms with E-state index in [-0.39, 0.29) is 12.4 Å². The van der Waals surface area contributed by atoms with E-state index in [2.05, 4.69) is 40.3 Å². The number of hydrogen-bond acceptors (Lipinski definition) is 4. The molecule has 1 aromatic carbocycles. The number of halogens is 1. The third-order valence-electron chi connectivity index (χ3n) is 3.66. The lowest BCUT2D eigenvalue weighted by atomic mass is 10.1. The quantitative estimate of drug-likeness (QED) is 0.946. The van der Waals surface area contributed by atoms with Crippen LogP contribution >= 0.6 is 12.4 Å². The summed E-state index contributed by atoms with van der Waals surface area (Å²) in [4.78, 5) is 7.07. The first kappa shape index (κ1) is 15.9. The number of hydrogen-bond donors (Lipinski definition) is 1. The van der Waals surface area contributed by atoms with Crippen LogP contribution in [0.5, 0.6) is 5.75 Å². The van der Waals surface area contributed by atoms with Crippen molar-refractivity contribution in [2.75, 3.05) is 37.7 Å². The summed E-state index contributed by atoms with van der Waals surface area (Å²) in [6.45, 7) is 8.90. The maximum absolute atomic E-state index is 5.63. The van der Waals surface area contributed by atoms with Gasteiger partial charge in [-0.25, -0.2) is 0 Å². The van der Waals surface area contributed by atoms with Crippen molar-refractivity contribution in [1.29, 1.82) is 0 Å². The lowest BCUT2D eigenvalue weighted by Crippen LogP contribution is -2.43. The fraction of sp³-hybridized carbons (Fsp3) is 0.438. The minimum atomic E-state index is 0. The van der Waals surface area contributed by atoms with Gasteiger partial charge in [-0.2, -0.15) is 0 Å². The normalized spacial score (nSPS) is 14.9. The van der Waals surface area contributed by atoms with E-state index in [0.717, 1.165) is 43.1 Å². The standard InChI is InChI=1S/C16H21N3O.ClH/c1-3-20-13-4-5-15-14(11-13)16(10-12(2)18-15)19-8-6-17-7-9-19;/h4-5,10-11,17H,3,6-9H2,1-2H3;1H. The van der Waals surface area contributed by atoms with Crippen molar-refractivity contribution < 1.29 is 4.74 Å². The minimum absolute atomic E-state index is 0. The van der Waals surface area contributed by atoms with Crippen LogP contribution in [0.3, 0.4) is 0 Å². The van der Waals surface area contributed by atoms with E-state index in [0.29, 0.717) is 6.61 Å². The van der Waals surface area contributed by atoms with E-state index in [9.17, 15) is 0 Å². The number of ether oxygens (including phenoxy) is 1. The van der Waals surface area contributed by atoms with Gasteiger partial charge in [-0.3, -0.25) is 4.98 Å².